The summed E-state index contributed by atoms with van der Waals surface area (Å²) in [5.41, 5.74) is 0.369. The van der Waals surface area contributed by atoms with Crippen LogP contribution in [-0.2, 0) is 9.47 Å². The first-order chi connectivity index (χ1) is 14.2. The van der Waals surface area contributed by atoms with Gasteiger partial charge >= 0.3 is 0 Å². The molecule has 2 atom stereocenters. The van der Waals surface area contributed by atoms with Gasteiger partial charge in [-0.1, -0.05) is 0 Å². The second kappa shape index (κ2) is 7.86. The molecule has 9 nitrogen and oxygen atoms in total. The van der Waals surface area contributed by atoms with Gasteiger partial charge in [-0.25, -0.2) is 0 Å². The maximum absolute atomic E-state index is 11.2. The van der Waals surface area contributed by atoms with Crippen LogP contribution in [0.15, 0.2) is 47.7 Å². The molecular weight excluding hydrogens is 374 g/mol. The lowest BCUT2D eigenvalue weighted by Gasteiger charge is -2.46. The zero-order valence-electron chi connectivity index (χ0n) is 15.3. The molecule has 9 heteroatoms. The third-order valence-electron chi connectivity index (χ3n) is 4.85. The molecule has 0 unspecified atom stereocenters. The first-order valence-corrected chi connectivity index (χ1v) is 8.87. The van der Waals surface area contributed by atoms with Crippen LogP contribution in [0.3, 0.4) is 0 Å². The number of aliphatic imine (C=N–C) groups is 1. The van der Waals surface area contributed by atoms with Crippen molar-refractivity contribution in [2.24, 2.45) is 4.99 Å². The van der Waals surface area contributed by atoms with Crippen LogP contribution in [0.4, 0.5) is 0 Å². The lowest BCUT2D eigenvalue weighted by atomic mass is 9.84. The van der Waals surface area contributed by atoms with E-state index in [2.05, 4.69) is 21.4 Å². The predicted molar refractivity (Wildman–Crippen MR) is 99.6 cm³/mol. The van der Waals surface area contributed by atoms with Crippen molar-refractivity contribution < 1.29 is 19.3 Å². The number of ether oxygens (including phenoxy) is 3. The van der Waals surface area contributed by atoms with Crippen molar-refractivity contribution in [3.05, 3.63) is 59.4 Å². The Bertz CT molecular complexity index is 1010. The Morgan fingerprint density at radius 1 is 1.28 bits per heavy atom. The topological polar surface area (TPSA) is 133 Å². The van der Waals surface area contributed by atoms with E-state index in [0.29, 0.717) is 22.4 Å². The van der Waals surface area contributed by atoms with Crippen LogP contribution in [0.5, 0.6) is 5.75 Å². The van der Waals surface area contributed by atoms with Crippen LogP contribution in [0.25, 0.3) is 0 Å². The van der Waals surface area contributed by atoms with Gasteiger partial charge in [0.15, 0.2) is 11.8 Å². The number of benzene rings is 1. The largest absolute Gasteiger partial charge is 0.479 e. The van der Waals surface area contributed by atoms with E-state index in [1.807, 2.05) is 6.19 Å². The minimum atomic E-state index is -1.15. The molecule has 1 spiro atoms. The molecule has 0 radical (unpaired) electrons. The summed E-state index contributed by atoms with van der Waals surface area (Å²) in [5, 5.41) is 32.2. The number of nitrogens with zero attached hydrogens (tertiary/aromatic N) is 4. The summed E-state index contributed by atoms with van der Waals surface area (Å²) in [4.78, 5) is 8.69. The van der Waals surface area contributed by atoms with Crippen LogP contribution >= 0.6 is 0 Å². The van der Waals surface area contributed by atoms with Gasteiger partial charge in [0.1, 0.15) is 30.5 Å². The monoisotopic (exact) mass is 391 g/mol. The SMILES string of the molecule is N#CNC(=N[C@@H]1c2cc(C#N)ccc2OC2(COCOC2)[C@H]1O)c1cccnc1. The quantitative estimate of drug-likeness (QED) is 0.335. The highest BCUT2D eigenvalue weighted by Crippen LogP contribution is 2.43. The normalized spacial score (nSPS) is 22.7. The lowest BCUT2D eigenvalue weighted by molar-refractivity contribution is -0.228. The number of hydrogen-bond donors (Lipinski definition) is 2. The van der Waals surface area contributed by atoms with E-state index in [0.717, 1.165) is 0 Å². The van der Waals surface area contributed by atoms with Crippen LogP contribution in [0, 0.1) is 22.8 Å². The molecule has 4 rings (SSSR count). The summed E-state index contributed by atoms with van der Waals surface area (Å²) < 4.78 is 16.9. The van der Waals surface area contributed by atoms with Gasteiger partial charge < -0.3 is 19.3 Å². The fraction of sp³-hybridized carbons (Fsp3) is 0.300. The Morgan fingerprint density at radius 3 is 2.79 bits per heavy atom. The summed E-state index contributed by atoms with van der Waals surface area (Å²) in [6.07, 6.45) is 3.89. The van der Waals surface area contributed by atoms with E-state index < -0.39 is 17.7 Å². The van der Waals surface area contributed by atoms with Gasteiger partial charge in [0.05, 0.1) is 24.8 Å². The molecule has 2 N–H and O–H groups in total. The number of aromatic nitrogens is 1. The molecule has 2 aromatic rings. The van der Waals surface area contributed by atoms with Gasteiger partial charge in [-0.05, 0) is 30.3 Å². The first kappa shape index (κ1) is 18.8. The summed E-state index contributed by atoms with van der Waals surface area (Å²) in [6.45, 7) is 0.351. The minimum absolute atomic E-state index is 0.114. The molecule has 0 bridgehead atoms. The molecule has 146 valence electrons. The van der Waals surface area contributed by atoms with Gasteiger partial charge in [-0.2, -0.15) is 10.5 Å². The van der Waals surface area contributed by atoms with E-state index >= 15 is 0 Å². The van der Waals surface area contributed by atoms with Gasteiger partial charge in [0.2, 0.25) is 0 Å². The number of rotatable bonds is 2. The highest BCUT2D eigenvalue weighted by atomic mass is 16.7. The van der Waals surface area contributed by atoms with Crippen molar-refractivity contribution in [2.45, 2.75) is 17.7 Å². The van der Waals surface area contributed by atoms with Crippen LogP contribution in [-0.4, -0.2) is 47.6 Å². The van der Waals surface area contributed by atoms with Gasteiger partial charge in [-0.3, -0.25) is 15.3 Å². The Labute approximate surface area is 166 Å². The van der Waals surface area contributed by atoms with E-state index in [9.17, 15) is 15.6 Å². The minimum Gasteiger partial charge on any atom is -0.479 e. The highest BCUT2D eigenvalue weighted by molar-refractivity contribution is 5.99. The number of nitrogens with one attached hydrogen (secondary N) is 1. The third kappa shape index (κ3) is 3.50. The molecule has 2 aliphatic heterocycles. The van der Waals surface area contributed by atoms with Crippen molar-refractivity contribution in [1.29, 1.82) is 10.5 Å². The van der Waals surface area contributed by atoms with Gasteiger partial charge in [-0.15, -0.1) is 0 Å². The number of nitriles is 2. The first-order valence-electron chi connectivity index (χ1n) is 8.87. The Balaban J connectivity index is 1.85. The number of aliphatic hydroxyl groups excluding tert-OH is 1. The van der Waals surface area contributed by atoms with E-state index in [-0.39, 0.29) is 25.8 Å². The maximum atomic E-state index is 11.2. The summed E-state index contributed by atoms with van der Waals surface area (Å²) in [5.74, 6) is 0.715. The molecule has 29 heavy (non-hydrogen) atoms. The number of amidine groups is 1. The molecule has 0 aliphatic carbocycles. The number of hydrogen-bond acceptors (Lipinski definition) is 8. The highest BCUT2D eigenvalue weighted by Gasteiger charge is 2.51. The molecule has 1 aromatic carbocycles. The summed E-state index contributed by atoms with van der Waals surface area (Å²) >= 11 is 0. The van der Waals surface area contributed by atoms with E-state index in [4.69, 9.17) is 14.2 Å². The molecule has 1 fully saturated rings. The molecule has 3 heterocycles. The van der Waals surface area contributed by atoms with Crippen LogP contribution < -0.4 is 10.1 Å². The zero-order chi connectivity index (χ0) is 20.3. The summed E-state index contributed by atoms with van der Waals surface area (Å²) in [6, 6.07) is 9.64. The average Bonchev–Trinajstić information content (AvgIpc) is 2.77. The van der Waals surface area contributed by atoms with Gasteiger partial charge in [0, 0.05) is 23.5 Å². The Kier molecular flexibility index (Phi) is 5.10. The number of fused-ring (bicyclic) bond motifs is 1. The Hall–Kier alpha value is -3.50. The second-order valence-corrected chi connectivity index (χ2v) is 6.69. The third-order valence-corrected chi connectivity index (χ3v) is 4.85. The van der Waals surface area contributed by atoms with E-state index in [1.54, 1.807) is 42.7 Å². The van der Waals surface area contributed by atoms with Crippen LogP contribution in [0.1, 0.15) is 22.7 Å². The number of pyridine rings is 1. The molecule has 2 aliphatic rings. The molecule has 1 saturated heterocycles. The molecule has 0 amide bonds. The van der Waals surface area contributed by atoms with Crippen molar-refractivity contribution >= 4 is 5.84 Å². The average molecular weight is 391 g/mol. The second-order valence-electron chi connectivity index (χ2n) is 6.69. The molecule has 0 saturated carbocycles. The smallest absolute Gasteiger partial charge is 0.183 e. The molecule has 1 aromatic heterocycles. The van der Waals surface area contributed by atoms with Gasteiger partial charge in [0.25, 0.3) is 0 Å². The predicted octanol–water partition coefficient (Wildman–Crippen LogP) is 1.01. The maximum Gasteiger partial charge on any atom is 0.183 e. The van der Waals surface area contributed by atoms with E-state index in [1.165, 1.54) is 0 Å². The van der Waals surface area contributed by atoms with Crippen molar-refractivity contribution in [3.8, 4) is 18.0 Å². The van der Waals surface area contributed by atoms with Crippen molar-refractivity contribution in [1.82, 2.24) is 10.3 Å². The zero-order valence-corrected chi connectivity index (χ0v) is 15.3. The number of aliphatic hydroxyl groups is 1. The van der Waals surface area contributed by atoms with Crippen molar-refractivity contribution in [2.75, 3.05) is 20.0 Å². The fourth-order valence-corrected chi connectivity index (χ4v) is 3.45. The fourth-order valence-electron chi connectivity index (χ4n) is 3.45. The Morgan fingerprint density at radius 2 is 2.10 bits per heavy atom. The lowest BCUT2D eigenvalue weighted by Crippen LogP contribution is -2.61. The summed E-state index contributed by atoms with van der Waals surface area (Å²) in [7, 11) is 0. The standard InChI is InChI=1S/C20H17N5O4/c21-7-13-3-4-16-15(6-13)17(18(26)20(29-16)9-27-12-28-10-20)25-19(24-11-22)14-2-1-5-23-8-14/h1-6,8,17-18,26H,9-10,12H2,(H,24,25)/t17-,18+/m1/s1. The van der Waals surface area contributed by atoms with Crippen molar-refractivity contribution in [3.63, 3.8) is 0 Å². The van der Waals surface area contributed by atoms with Crippen LogP contribution in [0.2, 0.25) is 0 Å². The molecular formula is C20H17N5O4.